The van der Waals surface area contributed by atoms with Crippen LogP contribution in [0.25, 0.3) is 0 Å². The van der Waals surface area contributed by atoms with Crippen LogP contribution in [0.4, 0.5) is 5.82 Å². The first-order valence-corrected chi connectivity index (χ1v) is 8.11. The minimum absolute atomic E-state index is 0.276. The number of benzene rings is 1. The van der Waals surface area contributed by atoms with Gasteiger partial charge in [0.1, 0.15) is 5.82 Å². The monoisotopic (exact) mass is 311 g/mol. The molecule has 1 aromatic heterocycles. The fraction of sp³-hybridized carbons (Fsp3) is 0.389. The number of nitrogens with one attached hydrogen (secondary N) is 1. The first-order chi connectivity index (χ1) is 11.3. The first kappa shape index (κ1) is 14.3. The lowest BCUT2D eigenvalue weighted by molar-refractivity contribution is 0.174. The van der Waals surface area contributed by atoms with E-state index >= 15 is 0 Å². The van der Waals surface area contributed by atoms with E-state index in [-0.39, 0.29) is 6.04 Å². The predicted molar refractivity (Wildman–Crippen MR) is 89.0 cm³/mol. The van der Waals surface area contributed by atoms with Gasteiger partial charge in [0.2, 0.25) is 6.79 Å². The SMILES string of the molecule is C[C@H](N[C@@H]1CCN(c2ccccn2)C1)c1ccc2c(c1)OCO2. The number of hydrogen-bond donors (Lipinski definition) is 1. The Hall–Kier alpha value is -2.27. The van der Waals surface area contributed by atoms with Gasteiger partial charge in [0.05, 0.1) is 0 Å². The molecule has 2 aliphatic heterocycles. The van der Waals surface area contributed by atoms with Gasteiger partial charge >= 0.3 is 0 Å². The van der Waals surface area contributed by atoms with E-state index in [4.69, 9.17) is 9.47 Å². The van der Waals surface area contributed by atoms with Gasteiger partial charge in [0, 0.05) is 31.4 Å². The topological polar surface area (TPSA) is 46.6 Å². The van der Waals surface area contributed by atoms with E-state index in [0.29, 0.717) is 12.8 Å². The van der Waals surface area contributed by atoms with Gasteiger partial charge in [0.15, 0.2) is 11.5 Å². The van der Waals surface area contributed by atoms with Crippen LogP contribution < -0.4 is 19.7 Å². The molecule has 0 unspecified atom stereocenters. The van der Waals surface area contributed by atoms with Gasteiger partial charge in [-0.15, -0.1) is 0 Å². The summed E-state index contributed by atoms with van der Waals surface area (Å²) in [7, 11) is 0. The van der Waals surface area contributed by atoms with Crippen LogP contribution in [0.1, 0.15) is 24.9 Å². The number of nitrogens with zero attached hydrogens (tertiary/aromatic N) is 2. The van der Waals surface area contributed by atoms with Crippen molar-refractivity contribution in [1.82, 2.24) is 10.3 Å². The summed E-state index contributed by atoms with van der Waals surface area (Å²) in [6.45, 7) is 4.55. The molecule has 1 saturated heterocycles. The van der Waals surface area contributed by atoms with Crippen LogP contribution in [0, 0.1) is 0 Å². The summed E-state index contributed by atoms with van der Waals surface area (Å²) in [6, 6.07) is 13.0. The highest BCUT2D eigenvalue weighted by Gasteiger charge is 2.25. The number of pyridine rings is 1. The molecule has 4 rings (SSSR count). The molecule has 1 fully saturated rings. The lowest BCUT2D eigenvalue weighted by Gasteiger charge is -2.21. The maximum Gasteiger partial charge on any atom is 0.231 e. The second kappa shape index (κ2) is 6.08. The van der Waals surface area contributed by atoms with Crippen molar-refractivity contribution in [3.8, 4) is 11.5 Å². The van der Waals surface area contributed by atoms with Gasteiger partial charge in [-0.1, -0.05) is 12.1 Å². The molecule has 0 amide bonds. The molecular weight excluding hydrogens is 290 g/mol. The predicted octanol–water partition coefficient (Wildman–Crippen LogP) is 2.74. The zero-order valence-electron chi connectivity index (χ0n) is 13.2. The number of fused-ring (bicyclic) bond motifs is 1. The minimum Gasteiger partial charge on any atom is -0.454 e. The molecule has 1 N–H and O–H groups in total. The van der Waals surface area contributed by atoms with Crippen LogP contribution in [0.15, 0.2) is 42.6 Å². The number of rotatable bonds is 4. The molecule has 0 bridgehead atoms. The van der Waals surface area contributed by atoms with Crippen molar-refractivity contribution in [2.75, 3.05) is 24.8 Å². The Morgan fingerprint density at radius 3 is 3.00 bits per heavy atom. The van der Waals surface area contributed by atoms with Gasteiger partial charge in [-0.25, -0.2) is 4.98 Å². The number of aromatic nitrogens is 1. The Morgan fingerprint density at radius 1 is 1.22 bits per heavy atom. The summed E-state index contributed by atoms with van der Waals surface area (Å²) in [5.41, 5.74) is 1.23. The number of hydrogen-bond acceptors (Lipinski definition) is 5. The van der Waals surface area contributed by atoms with Gasteiger partial charge in [-0.3, -0.25) is 0 Å². The van der Waals surface area contributed by atoms with Crippen LogP contribution >= 0.6 is 0 Å². The number of anilines is 1. The summed E-state index contributed by atoms with van der Waals surface area (Å²) in [6.07, 6.45) is 2.98. The molecule has 120 valence electrons. The van der Waals surface area contributed by atoms with Crippen LogP contribution in [-0.2, 0) is 0 Å². The zero-order valence-corrected chi connectivity index (χ0v) is 13.2. The Morgan fingerprint density at radius 2 is 2.13 bits per heavy atom. The van der Waals surface area contributed by atoms with E-state index in [0.717, 1.165) is 36.8 Å². The van der Waals surface area contributed by atoms with Crippen molar-refractivity contribution in [2.45, 2.75) is 25.4 Å². The average Bonchev–Trinajstić information content (AvgIpc) is 3.24. The second-order valence-electron chi connectivity index (χ2n) is 6.12. The van der Waals surface area contributed by atoms with Crippen LogP contribution in [-0.4, -0.2) is 30.9 Å². The summed E-state index contributed by atoms with van der Waals surface area (Å²) in [5.74, 6) is 2.74. The maximum atomic E-state index is 5.47. The third-order valence-corrected chi connectivity index (χ3v) is 4.54. The highest BCUT2D eigenvalue weighted by molar-refractivity contribution is 5.45. The van der Waals surface area contributed by atoms with E-state index in [9.17, 15) is 0 Å². The largest absolute Gasteiger partial charge is 0.454 e. The van der Waals surface area contributed by atoms with E-state index in [1.54, 1.807) is 0 Å². The lowest BCUT2D eigenvalue weighted by Crippen LogP contribution is -2.34. The highest BCUT2D eigenvalue weighted by atomic mass is 16.7. The molecule has 2 atom stereocenters. The molecule has 3 heterocycles. The third kappa shape index (κ3) is 2.97. The summed E-state index contributed by atoms with van der Waals surface area (Å²) >= 11 is 0. The smallest absolute Gasteiger partial charge is 0.231 e. The van der Waals surface area contributed by atoms with Crippen LogP contribution in [0.2, 0.25) is 0 Å². The highest BCUT2D eigenvalue weighted by Crippen LogP contribution is 2.34. The molecule has 0 radical (unpaired) electrons. The van der Waals surface area contributed by atoms with Crippen molar-refractivity contribution in [3.05, 3.63) is 48.2 Å². The second-order valence-corrected chi connectivity index (χ2v) is 6.12. The van der Waals surface area contributed by atoms with Crippen LogP contribution in [0.3, 0.4) is 0 Å². The first-order valence-electron chi connectivity index (χ1n) is 8.11. The zero-order chi connectivity index (χ0) is 15.6. The molecule has 0 spiro atoms. The molecule has 1 aromatic carbocycles. The standard InChI is InChI=1S/C18H21N3O2/c1-13(14-5-6-16-17(10-14)23-12-22-16)20-15-7-9-21(11-15)18-4-2-3-8-19-18/h2-6,8,10,13,15,20H,7,9,11-12H2,1H3/t13-,15+/m0/s1. The quantitative estimate of drug-likeness (QED) is 0.941. The molecule has 5 heteroatoms. The van der Waals surface area contributed by atoms with Crippen molar-refractivity contribution in [2.24, 2.45) is 0 Å². The Kier molecular flexibility index (Phi) is 3.79. The third-order valence-electron chi connectivity index (χ3n) is 4.54. The average molecular weight is 311 g/mol. The fourth-order valence-corrected chi connectivity index (χ4v) is 3.28. The summed E-state index contributed by atoms with van der Waals surface area (Å²) in [4.78, 5) is 6.78. The van der Waals surface area contributed by atoms with Gasteiger partial charge in [-0.2, -0.15) is 0 Å². The summed E-state index contributed by atoms with van der Waals surface area (Å²) < 4.78 is 10.8. The van der Waals surface area contributed by atoms with Gasteiger partial charge in [-0.05, 0) is 43.2 Å². The normalized spacial score (nSPS) is 20.7. The Balaban J connectivity index is 1.39. The molecule has 2 aromatic rings. The van der Waals surface area contributed by atoms with Gasteiger partial charge in [0.25, 0.3) is 0 Å². The van der Waals surface area contributed by atoms with Gasteiger partial charge < -0.3 is 19.7 Å². The molecule has 2 aliphatic rings. The van der Waals surface area contributed by atoms with E-state index in [1.165, 1.54) is 5.56 Å². The Labute approximate surface area is 136 Å². The van der Waals surface area contributed by atoms with Crippen LogP contribution in [0.5, 0.6) is 11.5 Å². The van der Waals surface area contributed by atoms with E-state index in [2.05, 4.69) is 40.3 Å². The molecule has 0 aliphatic carbocycles. The maximum absolute atomic E-state index is 5.47. The summed E-state index contributed by atoms with van der Waals surface area (Å²) in [5, 5.41) is 3.72. The fourth-order valence-electron chi connectivity index (χ4n) is 3.28. The van der Waals surface area contributed by atoms with Crippen molar-refractivity contribution < 1.29 is 9.47 Å². The molecule has 0 saturated carbocycles. The molecule has 23 heavy (non-hydrogen) atoms. The molecule has 5 nitrogen and oxygen atoms in total. The number of ether oxygens (including phenoxy) is 2. The van der Waals surface area contributed by atoms with Crippen molar-refractivity contribution in [1.29, 1.82) is 0 Å². The van der Waals surface area contributed by atoms with Crippen molar-refractivity contribution in [3.63, 3.8) is 0 Å². The van der Waals surface area contributed by atoms with E-state index in [1.807, 2.05) is 24.4 Å². The lowest BCUT2D eigenvalue weighted by atomic mass is 10.1. The van der Waals surface area contributed by atoms with E-state index < -0.39 is 0 Å². The van der Waals surface area contributed by atoms with Crippen molar-refractivity contribution >= 4 is 5.82 Å². The minimum atomic E-state index is 0.276. The molecular formula is C18H21N3O2. The Bertz CT molecular complexity index is 677.